The Kier molecular flexibility index (Phi) is 2.72. The predicted octanol–water partition coefficient (Wildman–Crippen LogP) is 2.22. The van der Waals surface area contributed by atoms with E-state index in [9.17, 15) is 0 Å². The third kappa shape index (κ3) is 2.12. The predicted molar refractivity (Wildman–Crippen MR) is 70.9 cm³/mol. The van der Waals surface area contributed by atoms with Gasteiger partial charge in [0.2, 0.25) is 0 Å². The van der Waals surface area contributed by atoms with Crippen LogP contribution in [-0.4, -0.2) is 30.6 Å². The van der Waals surface area contributed by atoms with Gasteiger partial charge in [-0.15, -0.1) is 0 Å². The molecule has 0 amide bonds. The van der Waals surface area contributed by atoms with E-state index >= 15 is 0 Å². The minimum Gasteiger partial charge on any atom is -0.305 e. The van der Waals surface area contributed by atoms with Crippen LogP contribution < -0.4 is 5.32 Å². The van der Waals surface area contributed by atoms with E-state index < -0.39 is 0 Å². The van der Waals surface area contributed by atoms with E-state index in [-0.39, 0.29) is 5.54 Å². The molecule has 0 radical (unpaired) electrons. The molecule has 1 saturated carbocycles. The zero-order valence-corrected chi connectivity index (χ0v) is 10.8. The molecule has 1 aromatic carbocycles. The molecule has 1 N–H and O–H groups in total. The number of nitrogens with zero attached hydrogens (tertiary/aromatic N) is 1. The van der Waals surface area contributed by atoms with Gasteiger partial charge in [0, 0.05) is 25.7 Å². The molecule has 0 bridgehead atoms. The van der Waals surface area contributed by atoms with Crippen LogP contribution in [0.5, 0.6) is 0 Å². The summed E-state index contributed by atoms with van der Waals surface area (Å²) in [6.07, 6.45) is 1.39. The Morgan fingerprint density at radius 3 is 2.65 bits per heavy atom. The molecule has 17 heavy (non-hydrogen) atoms. The highest BCUT2D eigenvalue weighted by Gasteiger charge is 2.42. The summed E-state index contributed by atoms with van der Waals surface area (Å²) in [6, 6.07) is 11.7. The summed E-state index contributed by atoms with van der Waals surface area (Å²) in [5, 5.41) is 3.70. The van der Waals surface area contributed by atoms with Crippen molar-refractivity contribution in [3.63, 3.8) is 0 Å². The van der Waals surface area contributed by atoms with Gasteiger partial charge < -0.3 is 5.32 Å². The van der Waals surface area contributed by atoms with Gasteiger partial charge in [-0.05, 0) is 24.8 Å². The van der Waals surface area contributed by atoms with Crippen LogP contribution in [0.3, 0.4) is 0 Å². The van der Waals surface area contributed by atoms with Gasteiger partial charge >= 0.3 is 0 Å². The molecular weight excluding hydrogens is 208 g/mol. The van der Waals surface area contributed by atoms with Crippen LogP contribution in [0, 0.1) is 5.92 Å². The van der Waals surface area contributed by atoms with Crippen LogP contribution >= 0.6 is 0 Å². The maximum atomic E-state index is 3.70. The first-order valence-corrected chi connectivity index (χ1v) is 6.74. The monoisotopic (exact) mass is 230 g/mol. The van der Waals surface area contributed by atoms with Crippen molar-refractivity contribution in [3.05, 3.63) is 35.9 Å². The van der Waals surface area contributed by atoms with Crippen LogP contribution in [0.1, 0.15) is 25.8 Å². The van der Waals surface area contributed by atoms with Gasteiger partial charge in [-0.1, -0.05) is 37.3 Å². The molecule has 1 heterocycles. The summed E-state index contributed by atoms with van der Waals surface area (Å²) in [6.45, 7) is 8.16. The van der Waals surface area contributed by atoms with E-state index in [1.807, 2.05) is 0 Å². The quantitative estimate of drug-likeness (QED) is 0.838. The van der Waals surface area contributed by atoms with Crippen LogP contribution in [0.25, 0.3) is 0 Å². The van der Waals surface area contributed by atoms with Crippen LogP contribution in [0.4, 0.5) is 0 Å². The second kappa shape index (κ2) is 4.11. The number of piperazine rings is 1. The third-order valence-electron chi connectivity index (χ3n) is 4.38. The van der Waals surface area contributed by atoms with Crippen molar-refractivity contribution < 1.29 is 0 Å². The first-order chi connectivity index (χ1) is 8.19. The highest BCUT2D eigenvalue weighted by Crippen LogP contribution is 2.37. The van der Waals surface area contributed by atoms with Crippen molar-refractivity contribution in [2.45, 2.75) is 31.8 Å². The summed E-state index contributed by atoms with van der Waals surface area (Å²) in [7, 11) is 0. The van der Waals surface area contributed by atoms with E-state index in [2.05, 4.69) is 54.4 Å². The second-order valence-corrected chi connectivity index (χ2v) is 5.88. The smallest absolute Gasteiger partial charge is 0.0535 e. The van der Waals surface area contributed by atoms with E-state index in [0.29, 0.717) is 0 Å². The van der Waals surface area contributed by atoms with Gasteiger partial charge in [0.15, 0.2) is 0 Å². The molecule has 92 valence electrons. The number of hydrogen-bond acceptors (Lipinski definition) is 2. The van der Waals surface area contributed by atoms with Gasteiger partial charge in [0.05, 0.1) is 5.54 Å². The molecule has 0 aromatic heterocycles. The van der Waals surface area contributed by atoms with Gasteiger partial charge in [-0.25, -0.2) is 0 Å². The van der Waals surface area contributed by atoms with E-state index in [4.69, 9.17) is 0 Å². The molecule has 0 spiro atoms. The highest BCUT2D eigenvalue weighted by molar-refractivity contribution is 5.25. The number of nitrogens with one attached hydrogen (secondary N) is 1. The van der Waals surface area contributed by atoms with E-state index in [1.165, 1.54) is 18.5 Å². The Bertz CT molecular complexity index is 389. The molecule has 1 aliphatic carbocycles. The molecule has 1 aromatic rings. The Hall–Kier alpha value is -0.860. The minimum absolute atomic E-state index is 0.127. The maximum absolute atomic E-state index is 3.70. The zero-order valence-electron chi connectivity index (χ0n) is 10.8. The normalized spacial score (nSPS) is 38.0. The molecule has 1 aliphatic heterocycles. The fraction of sp³-hybridized carbons (Fsp3) is 0.600. The molecular formula is C15H22N2. The second-order valence-electron chi connectivity index (χ2n) is 5.88. The summed E-state index contributed by atoms with van der Waals surface area (Å²) in [5.74, 6) is 0.910. The fourth-order valence-corrected chi connectivity index (χ4v) is 3.11. The summed E-state index contributed by atoms with van der Waals surface area (Å²) in [4.78, 5) is 2.67. The SMILES string of the molecule is CC1CC1N1CCNC(C)(c2ccccc2)C1. The van der Waals surface area contributed by atoms with Crippen LogP contribution in [0.15, 0.2) is 30.3 Å². The molecule has 1 saturated heterocycles. The topological polar surface area (TPSA) is 15.3 Å². The lowest BCUT2D eigenvalue weighted by Gasteiger charge is -2.42. The van der Waals surface area contributed by atoms with Gasteiger partial charge in [0.1, 0.15) is 0 Å². The molecule has 2 aliphatic rings. The van der Waals surface area contributed by atoms with Crippen molar-refractivity contribution in [2.24, 2.45) is 5.92 Å². The van der Waals surface area contributed by atoms with Crippen LogP contribution in [0.2, 0.25) is 0 Å². The Morgan fingerprint density at radius 2 is 2.00 bits per heavy atom. The molecule has 3 rings (SSSR count). The fourth-order valence-electron chi connectivity index (χ4n) is 3.11. The summed E-state index contributed by atoms with van der Waals surface area (Å²) < 4.78 is 0. The van der Waals surface area contributed by atoms with Crippen molar-refractivity contribution >= 4 is 0 Å². The first kappa shape index (κ1) is 11.2. The largest absolute Gasteiger partial charge is 0.305 e. The van der Waals surface area contributed by atoms with Gasteiger partial charge in [0.25, 0.3) is 0 Å². The van der Waals surface area contributed by atoms with Crippen molar-refractivity contribution in [1.82, 2.24) is 10.2 Å². The third-order valence-corrected chi connectivity index (χ3v) is 4.38. The maximum Gasteiger partial charge on any atom is 0.0535 e. The number of rotatable bonds is 2. The summed E-state index contributed by atoms with van der Waals surface area (Å²) in [5.41, 5.74) is 1.54. The molecule has 2 heteroatoms. The van der Waals surface area contributed by atoms with E-state index in [1.54, 1.807) is 0 Å². The average Bonchev–Trinajstić information content (AvgIpc) is 3.08. The highest BCUT2D eigenvalue weighted by atomic mass is 15.3. The van der Waals surface area contributed by atoms with Crippen molar-refractivity contribution in [1.29, 1.82) is 0 Å². The Morgan fingerprint density at radius 1 is 1.29 bits per heavy atom. The number of benzene rings is 1. The molecule has 2 nitrogen and oxygen atoms in total. The Labute approximate surface area is 104 Å². The van der Waals surface area contributed by atoms with Gasteiger partial charge in [-0.2, -0.15) is 0 Å². The average molecular weight is 230 g/mol. The lowest BCUT2D eigenvalue weighted by molar-refractivity contribution is 0.131. The molecule has 3 unspecified atom stereocenters. The van der Waals surface area contributed by atoms with Crippen molar-refractivity contribution in [2.75, 3.05) is 19.6 Å². The van der Waals surface area contributed by atoms with Crippen molar-refractivity contribution in [3.8, 4) is 0 Å². The zero-order chi connectivity index (χ0) is 11.9. The lowest BCUT2D eigenvalue weighted by Crippen LogP contribution is -2.57. The first-order valence-electron chi connectivity index (χ1n) is 6.74. The number of hydrogen-bond donors (Lipinski definition) is 1. The lowest BCUT2D eigenvalue weighted by atomic mass is 9.89. The molecule has 2 fully saturated rings. The van der Waals surface area contributed by atoms with Gasteiger partial charge in [-0.3, -0.25) is 4.90 Å². The molecule has 3 atom stereocenters. The summed E-state index contributed by atoms with van der Waals surface area (Å²) >= 11 is 0. The minimum atomic E-state index is 0.127. The van der Waals surface area contributed by atoms with Crippen LogP contribution in [-0.2, 0) is 5.54 Å². The Balaban J connectivity index is 1.78. The standard InChI is InChI=1S/C15H22N2/c1-12-10-14(12)17-9-8-16-15(2,11-17)13-6-4-3-5-7-13/h3-7,12,14,16H,8-11H2,1-2H3. The van der Waals surface area contributed by atoms with E-state index in [0.717, 1.165) is 25.0 Å².